The molecule has 1 aromatic rings. The van der Waals surface area contributed by atoms with E-state index < -0.39 is 52.1 Å². The summed E-state index contributed by atoms with van der Waals surface area (Å²) in [6, 6.07) is 5.71. The number of halogens is 3. The number of hydrogen-bond donors (Lipinski definition) is 1. The second-order valence-electron chi connectivity index (χ2n) is 4.30. The lowest BCUT2D eigenvalue weighted by molar-refractivity contribution is -0.138. The average Bonchev–Trinajstić information content (AvgIpc) is 2.36. The Balaban J connectivity index is 3.17. The van der Waals surface area contributed by atoms with Crippen LogP contribution in [-0.4, -0.2) is 31.7 Å². The van der Waals surface area contributed by atoms with Crippen molar-refractivity contribution in [2.75, 3.05) is 13.1 Å². The number of nitrogens with zero attached hydrogens (tertiary/aromatic N) is 2. The molecule has 0 atom stereocenters. The highest BCUT2D eigenvalue weighted by atomic mass is 32.2. The van der Waals surface area contributed by atoms with Crippen molar-refractivity contribution in [3.05, 3.63) is 35.4 Å². The van der Waals surface area contributed by atoms with Gasteiger partial charge in [-0.15, -0.1) is 0 Å². The van der Waals surface area contributed by atoms with Crippen molar-refractivity contribution in [3.63, 3.8) is 0 Å². The topological polar surface area (TPSA) is 104 Å². The van der Waals surface area contributed by atoms with Gasteiger partial charge in [-0.2, -0.15) is 22.7 Å². The summed E-state index contributed by atoms with van der Waals surface area (Å²) in [4.78, 5) is 10.8. The highest BCUT2D eigenvalue weighted by Gasteiger charge is 2.35. The summed E-state index contributed by atoms with van der Waals surface area (Å²) in [5.41, 5.74) is 3.32. The summed E-state index contributed by atoms with van der Waals surface area (Å²) in [6.45, 7) is -1.45. The zero-order valence-electron chi connectivity index (χ0n) is 11.2. The van der Waals surface area contributed by atoms with Gasteiger partial charge in [0.05, 0.1) is 23.9 Å². The van der Waals surface area contributed by atoms with Crippen LogP contribution in [-0.2, 0) is 26.7 Å². The number of nitrogens with two attached hydrogens (primary N) is 1. The molecule has 1 amide bonds. The molecule has 0 aliphatic rings. The van der Waals surface area contributed by atoms with E-state index in [0.29, 0.717) is 4.31 Å². The van der Waals surface area contributed by atoms with Gasteiger partial charge in [-0.3, -0.25) is 4.79 Å². The lowest BCUT2D eigenvalue weighted by Crippen LogP contribution is -2.39. The number of sulfonamides is 1. The molecule has 120 valence electrons. The van der Waals surface area contributed by atoms with Crippen molar-refractivity contribution >= 4 is 15.9 Å². The van der Waals surface area contributed by atoms with Gasteiger partial charge < -0.3 is 5.73 Å². The summed E-state index contributed by atoms with van der Waals surface area (Å²) in [7, 11) is -4.31. The molecule has 0 saturated carbocycles. The Hall–Kier alpha value is -2.12. The van der Waals surface area contributed by atoms with Crippen molar-refractivity contribution in [1.82, 2.24) is 4.31 Å². The van der Waals surface area contributed by atoms with E-state index in [0.717, 1.165) is 18.2 Å². The predicted molar refractivity (Wildman–Crippen MR) is 70.4 cm³/mol. The number of rotatable bonds is 6. The number of hydrogen-bond acceptors (Lipinski definition) is 4. The van der Waals surface area contributed by atoms with Crippen LogP contribution in [0.4, 0.5) is 13.2 Å². The lowest BCUT2D eigenvalue weighted by Gasteiger charge is -2.19. The molecule has 1 rings (SSSR count). The SMILES string of the molecule is N#CCN(CC(N)=O)S(=O)(=O)Cc1ccccc1C(F)(F)F. The van der Waals surface area contributed by atoms with Crippen LogP contribution in [0.2, 0.25) is 0 Å². The molecule has 22 heavy (non-hydrogen) atoms. The molecule has 0 radical (unpaired) electrons. The molecule has 0 bridgehead atoms. The highest BCUT2D eigenvalue weighted by Crippen LogP contribution is 2.32. The predicted octanol–water partition coefficient (Wildman–Crippen LogP) is 0.846. The number of primary amides is 1. The Morgan fingerprint density at radius 3 is 2.41 bits per heavy atom. The maximum atomic E-state index is 12.8. The third-order valence-corrected chi connectivity index (χ3v) is 4.35. The van der Waals surface area contributed by atoms with Crippen LogP contribution in [0.15, 0.2) is 24.3 Å². The minimum absolute atomic E-state index is 0.447. The molecule has 0 aliphatic heterocycles. The Morgan fingerprint density at radius 1 is 1.32 bits per heavy atom. The van der Waals surface area contributed by atoms with E-state index in [2.05, 4.69) is 0 Å². The largest absolute Gasteiger partial charge is 0.416 e. The van der Waals surface area contributed by atoms with Gasteiger partial charge in [0.15, 0.2) is 0 Å². The van der Waals surface area contributed by atoms with Crippen molar-refractivity contribution in [3.8, 4) is 6.07 Å². The fourth-order valence-corrected chi connectivity index (χ4v) is 3.12. The van der Waals surface area contributed by atoms with Crippen LogP contribution in [0.25, 0.3) is 0 Å². The van der Waals surface area contributed by atoms with E-state index >= 15 is 0 Å². The van der Waals surface area contributed by atoms with Gasteiger partial charge in [-0.05, 0) is 11.6 Å². The number of carbonyl (C=O) groups is 1. The van der Waals surface area contributed by atoms with Crippen LogP contribution in [0, 0.1) is 11.3 Å². The minimum atomic E-state index is -4.71. The van der Waals surface area contributed by atoms with Gasteiger partial charge in [0.25, 0.3) is 0 Å². The van der Waals surface area contributed by atoms with Gasteiger partial charge in [-0.25, -0.2) is 8.42 Å². The molecule has 0 spiro atoms. The van der Waals surface area contributed by atoms with Crippen LogP contribution in [0.5, 0.6) is 0 Å². The molecule has 0 aromatic heterocycles. The fraction of sp³-hybridized carbons (Fsp3) is 0.333. The first-order valence-corrected chi connectivity index (χ1v) is 7.47. The van der Waals surface area contributed by atoms with Crippen LogP contribution in [0.1, 0.15) is 11.1 Å². The molecule has 2 N–H and O–H groups in total. The molecule has 0 heterocycles. The zero-order valence-corrected chi connectivity index (χ0v) is 12.0. The number of nitriles is 1. The highest BCUT2D eigenvalue weighted by molar-refractivity contribution is 7.88. The molecule has 0 saturated heterocycles. The van der Waals surface area contributed by atoms with Crippen molar-refractivity contribution in [2.45, 2.75) is 11.9 Å². The molecule has 0 unspecified atom stereocenters. The van der Waals surface area contributed by atoms with Crippen LogP contribution < -0.4 is 5.73 Å². The van der Waals surface area contributed by atoms with E-state index in [1.807, 2.05) is 0 Å². The first-order valence-electron chi connectivity index (χ1n) is 5.86. The first-order chi connectivity index (χ1) is 10.1. The maximum Gasteiger partial charge on any atom is 0.416 e. The molecular weight excluding hydrogens is 323 g/mol. The molecular formula is C12H12F3N3O3S. The van der Waals surface area contributed by atoms with E-state index in [4.69, 9.17) is 11.0 Å². The lowest BCUT2D eigenvalue weighted by atomic mass is 10.1. The monoisotopic (exact) mass is 335 g/mol. The first kappa shape index (κ1) is 17.9. The third kappa shape index (κ3) is 4.71. The van der Waals surface area contributed by atoms with E-state index in [-0.39, 0.29) is 0 Å². The van der Waals surface area contributed by atoms with E-state index in [1.165, 1.54) is 12.1 Å². The summed E-state index contributed by atoms with van der Waals surface area (Å²) in [6.07, 6.45) is -4.71. The van der Waals surface area contributed by atoms with Gasteiger partial charge in [0, 0.05) is 0 Å². The van der Waals surface area contributed by atoms with Gasteiger partial charge in [0.1, 0.15) is 6.54 Å². The smallest absolute Gasteiger partial charge is 0.369 e. The second kappa shape index (κ2) is 6.76. The van der Waals surface area contributed by atoms with Crippen LogP contribution in [0.3, 0.4) is 0 Å². The molecule has 0 fully saturated rings. The van der Waals surface area contributed by atoms with E-state index in [1.54, 1.807) is 0 Å². The summed E-state index contributed by atoms with van der Waals surface area (Å²) in [5, 5.41) is 8.57. The maximum absolute atomic E-state index is 12.8. The van der Waals surface area contributed by atoms with Crippen molar-refractivity contribution in [2.24, 2.45) is 5.73 Å². The summed E-state index contributed by atoms with van der Waals surface area (Å²) in [5.74, 6) is -2.00. The number of carbonyl (C=O) groups excluding carboxylic acids is 1. The number of benzene rings is 1. The Morgan fingerprint density at radius 2 is 1.91 bits per heavy atom. The van der Waals surface area contributed by atoms with Crippen LogP contribution >= 0.6 is 0 Å². The standard InChI is InChI=1S/C12H12F3N3O3S/c13-12(14,15)10-4-2-1-3-9(10)8-22(20,21)18(6-5-16)7-11(17)19/h1-4H,6-8H2,(H2,17,19). The molecule has 10 heteroatoms. The van der Waals surface area contributed by atoms with E-state index in [9.17, 15) is 26.4 Å². The number of amides is 1. The van der Waals surface area contributed by atoms with Crippen molar-refractivity contribution in [1.29, 1.82) is 5.26 Å². The second-order valence-corrected chi connectivity index (χ2v) is 6.27. The normalized spacial score (nSPS) is 12.1. The molecule has 0 aliphatic carbocycles. The van der Waals surface area contributed by atoms with Crippen molar-refractivity contribution < 1.29 is 26.4 Å². The number of alkyl halides is 3. The Bertz CT molecular complexity index is 696. The summed E-state index contributed by atoms with van der Waals surface area (Å²) < 4.78 is 63.2. The molecule has 6 nitrogen and oxygen atoms in total. The summed E-state index contributed by atoms with van der Waals surface area (Å²) >= 11 is 0. The molecule has 1 aromatic carbocycles. The fourth-order valence-electron chi connectivity index (χ4n) is 1.72. The minimum Gasteiger partial charge on any atom is -0.369 e. The third-order valence-electron chi connectivity index (χ3n) is 2.63. The average molecular weight is 335 g/mol. The quantitative estimate of drug-likeness (QED) is 0.778. The Labute approximate surface area is 125 Å². The zero-order chi connectivity index (χ0) is 17.0. The van der Waals surface area contributed by atoms with Gasteiger partial charge >= 0.3 is 6.18 Å². The van der Waals surface area contributed by atoms with Gasteiger partial charge in [-0.1, -0.05) is 18.2 Å². The Kier molecular flexibility index (Phi) is 5.51. The van der Waals surface area contributed by atoms with Gasteiger partial charge in [0.2, 0.25) is 15.9 Å².